The van der Waals surface area contributed by atoms with E-state index in [1.54, 1.807) is 12.1 Å². The first-order valence-electron chi connectivity index (χ1n) is 8.79. The minimum atomic E-state index is -0.229. The topological polar surface area (TPSA) is 35.6 Å². The maximum absolute atomic E-state index is 13.0. The summed E-state index contributed by atoms with van der Waals surface area (Å²) in [6, 6.07) is 6.61. The molecule has 0 spiro atoms. The summed E-state index contributed by atoms with van der Waals surface area (Å²) in [5.41, 5.74) is 1.04. The quantitative estimate of drug-likeness (QED) is 0.867. The Labute approximate surface area is 145 Å². The van der Waals surface area contributed by atoms with Crippen LogP contribution in [-0.4, -0.2) is 55.6 Å². The van der Waals surface area contributed by atoms with Gasteiger partial charge in [0.25, 0.3) is 0 Å². The molecule has 4 nitrogen and oxygen atoms in total. The summed E-state index contributed by atoms with van der Waals surface area (Å²) >= 11 is 0. The fourth-order valence-corrected chi connectivity index (χ4v) is 3.26. The van der Waals surface area contributed by atoms with E-state index < -0.39 is 0 Å². The minimum absolute atomic E-state index is 0.0251. The van der Waals surface area contributed by atoms with E-state index in [4.69, 9.17) is 0 Å². The number of halogens is 1. The van der Waals surface area contributed by atoms with Crippen molar-refractivity contribution < 1.29 is 9.18 Å². The van der Waals surface area contributed by atoms with Crippen molar-refractivity contribution in [2.45, 2.75) is 32.7 Å². The molecule has 0 bridgehead atoms. The lowest BCUT2D eigenvalue weighted by Gasteiger charge is -2.26. The van der Waals surface area contributed by atoms with Crippen molar-refractivity contribution >= 4 is 6.03 Å². The van der Waals surface area contributed by atoms with E-state index >= 15 is 0 Å². The van der Waals surface area contributed by atoms with Crippen LogP contribution in [0.3, 0.4) is 0 Å². The molecule has 1 N–H and O–H groups in total. The summed E-state index contributed by atoms with van der Waals surface area (Å²) in [5, 5.41) is 3.18. The van der Waals surface area contributed by atoms with Gasteiger partial charge in [0.05, 0.1) is 0 Å². The minimum Gasteiger partial charge on any atom is -0.335 e. The summed E-state index contributed by atoms with van der Waals surface area (Å²) in [4.78, 5) is 16.7. The van der Waals surface area contributed by atoms with Gasteiger partial charge < -0.3 is 15.1 Å². The second-order valence-electron chi connectivity index (χ2n) is 7.49. The molecule has 1 fully saturated rings. The molecular weight excluding hydrogens is 305 g/mol. The van der Waals surface area contributed by atoms with Gasteiger partial charge in [-0.2, -0.15) is 0 Å². The van der Waals surface area contributed by atoms with Gasteiger partial charge in [-0.15, -0.1) is 0 Å². The van der Waals surface area contributed by atoms with Gasteiger partial charge in [0, 0.05) is 25.7 Å². The largest absolute Gasteiger partial charge is 0.335 e. The lowest BCUT2D eigenvalue weighted by molar-refractivity contribution is 0.197. The molecule has 0 aromatic heterocycles. The van der Waals surface area contributed by atoms with Gasteiger partial charge in [0.1, 0.15) is 5.82 Å². The third-order valence-corrected chi connectivity index (χ3v) is 4.68. The van der Waals surface area contributed by atoms with Crippen molar-refractivity contribution in [2.24, 2.45) is 11.8 Å². The van der Waals surface area contributed by atoms with Crippen LogP contribution in [0.2, 0.25) is 0 Å². The summed E-state index contributed by atoms with van der Waals surface area (Å²) < 4.78 is 13.0. The number of hydrogen-bond acceptors (Lipinski definition) is 2. The Hall–Kier alpha value is -1.62. The lowest BCUT2D eigenvalue weighted by Crippen LogP contribution is -2.47. The molecule has 0 radical (unpaired) electrons. The molecule has 2 rings (SSSR count). The zero-order valence-electron chi connectivity index (χ0n) is 15.3. The number of amides is 2. The molecule has 1 aromatic rings. The van der Waals surface area contributed by atoms with E-state index in [-0.39, 0.29) is 17.9 Å². The lowest BCUT2D eigenvalue weighted by atomic mass is 9.96. The van der Waals surface area contributed by atoms with E-state index in [1.165, 1.54) is 12.1 Å². The predicted molar refractivity (Wildman–Crippen MR) is 95.5 cm³/mol. The molecule has 24 heavy (non-hydrogen) atoms. The van der Waals surface area contributed by atoms with Crippen molar-refractivity contribution in [1.29, 1.82) is 0 Å². The normalized spacial score (nSPS) is 19.1. The highest BCUT2D eigenvalue weighted by Gasteiger charge is 2.28. The number of likely N-dealkylation sites (tertiary alicyclic amines) is 1. The predicted octanol–water partition coefficient (Wildman–Crippen LogP) is 2.99. The van der Waals surface area contributed by atoms with E-state index in [9.17, 15) is 9.18 Å². The van der Waals surface area contributed by atoms with Crippen molar-refractivity contribution in [3.05, 3.63) is 35.6 Å². The number of hydrogen-bond donors (Lipinski definition) is 1. The molecular formula is C19H30FN3O. The Morgan fingerprint density at radius 3 is 2.58 bits per heavy atom. The average Bonchev–Trinajstić information content (AvgIpc) is 2.96. The van der Waals surface area contributed by atoms with Gasteiger partial charge in [-0.1, -0.05) is 26.0 Å². The van der Waals surface area contributed by atoms with Crippen LogP contribution in [0.25, 0.3) is 0 Å². The van der Waals surface area contributed by atoms with Crippen molar-refractivity contribution in [3.63, 3.8) is 0 Å². The van der Waals surface area contributed by atoms with Crippen molar-refractivity contribution in [2.75, 3.05) is 33.7 Å². The molecule has 1 aliphatic heterocycles. The fraction of sp³-hybridized carbons (Fsp3) is 0.632. The Morgan fingerprint density at radius 1 is 1.33 bits per heavy atom. The molecule has 0 saturated carbocycles. The molecule has 2 amide bonds. The van der Waals surface area contributed by atoms with Crippen molar-refractivity contribution in [1.82, 2.24) is 15.1 Å². The zero-order valence-corrected chi connectivity index (χ0v) is 15.3. The summed E-state index contributed by atoms with van der Waals surface area (Å²) in [5.74, 6) is 0.646. The Bertz CT molecular complexity index is 530. The van der Waals surface area contributed by atoms with Crippen LogP contribution in [-0.2, 0) is 6.42 Å². The van der Waals surface area contributed by atoms with Crippen LogP contribution < -0.4 is 5.32 Å². The maximum Gasteiger partial charge on any atom is 0.317 e. The third kappa shape index (κ3) is 5.48. The van der Waals surface area contributed by atoms with Gasteiger partial charge in [-0.05, 0) is 56.5 Å². The van der Waals surface area contributed by atoms with Crippen LogP contribution in [0.5, 0.6) is 0 Å². The second-order valence-corrected chi connectivity index (χ2v) is 7.49. The van der Waals surface area contributed by atoms with Gasteiger partial charge in [-0.25, -0.2) is 9.18 Å². The van der Waals surface area contributed by atoms with Gasteiger partial charge in [0.2, 0.25) is 0 Å². The van der Waals surface area contributed by atoms with Gasteiger partial charge in [0.15, 0.2) is 0 Å². The Kier molecular flexibility index (Phi) is 6.60. The summed E-state index contributed by atoms with van der Waals surface area (Å²) in [6.45, 7) is 6.88. The van der Waals surface area contributed by atoms with Crippen LogP contribution in [0.15, 0.2) is 24.3 Å². The van der Waals surface area contributed by atoms with E-state index in [2.05, 4.69) is 38.2 Å². The summed E-state index contributed by atoms with van der Waals surface area (Å²) in [7, 11) is 4.14. The molecule has 1 saturated heterocycles. The van der Waals surface area contributed by atoms with Gasteiger partial charge >= 0.3 is 6.03 Å². The molecule has 134 valence electrons. The Balaban J connectivity index is 1.90. The number of carbonyl (C=O) groups excluding carboxylic acids is 1. The highest BCUT2D eigenvalue weighted by Crippen LogP contribution is 2.18. The highest BCUT2D eigenvalue weighted by molar-refractivity contribution is 5.74. The standard InChI is InChI=1S/C19H30FN3O/c1-14(2)18(11-15-5-7-17(20)8-6-15)21-19(24)23-10-9-16(13-23)12-22(3)4/h5-8,14,16,18H,9-13H2,1-4H3,(H,21,24)/t16-,18+/m0/s1. The van der Waals surface area contributed by atoms with Crippen molar-refractivity contribution in [3.8, 4) is 0 Å². The van der Waals surface area contributed by atoms with Crippen LogP contribution in [0.4, 0.5) is 9.18 Å². The molecule has 2 atom stereocenters. The molecule has 5 heteroatoms. The first-order valence-corrected chi connectivity index (χ1v) is 8.79. The van der Waals surface area contributed by atoms with E-state index in [1.807, 2.05) is 4.90 Å². The number of rotatable bonds is 6. The molecule has 0 unspecified atom stereocenters. The second kappa shape index (κ2) is 8.47. The highest BCUT2D eigenvalue weighted by atomic mass is 19.1. The van der Waals surface area contributed by atoms with Crippen LogP contribution >= 0.6 is 0 Å². The Morgan fingerprint density at radius 2 is 2.00 bits per heavy atom. The molecule has 1 aliphatic rings. The number of carbonyl (C=O) groups is 1. The number of nitrogens with zero attached hydrogens (tertiary/aromatic N) is 2. The van der Waals surface area contributed by atoms with E-state index in [0.29, 0.717) is 11.8 Å². The first kappa shape index (κ1) is 18.7. The zero-order chi connectivity index (χ0) is 17.7. The SMILES string of the molecule is CC(C)[C@@H](Cc1ccc(F)cc1)NC(=O)N1CC[C@@H](CN(C)C)C1. The van der Waals surface area contributed by atoms with Gasteiger partial charge in [-0.3, -0.25) is 0 Å². The molecule has 1 aromatic carbocycles. The summed E-state index contributed by atoms with van der Waals surface area (Å²) in [6.07, 6.45) is 1.79. The first-order chi connectivity index (χ1) is 11.3. The smallest absolute Gasteiger partial charge is 0.317 e. The van der Waals surface area contributed by atoms with Crippen LogP contribution in [0.1, 0.15) is 25.8 Å². The van der Waals surface area contributed by atoms with E-state index in [0.717, 1.165) is 38.0 Å². The maximum atomic E-state index is 13.0. The number of benzene rings is 1. The monoisotopic (exact) mass is 335 g/mol. The average molecular weight is 335 g/mol. The molecule has 0 aliphatic carbocycles. The molecule has 1 heterocycles. The third-order valence-electron chi connectivity index (χ3n) is 4.68. The number of urea groups is 1. The number of nitrogens with one attached hydrogen (secondary N) is 1. The fourth-order valence-electron chi connectivity index (χ4n) is 3.26. The van der Waals surface area contributed by atoms with Crippen LogP contribution in [0, 0.1) is 17.7 Å².